The number of aromatic carboxylic acids is 2. The third kappa shape index (κ3) is 5.40. The fourth-order valence-corrected chi connectivity index (χ4v) is 1.53. The lowest BCUT2D eigenvalue weighted by Crippen LogP contribution is -2.42. The zero-order valence-corrected chi connectivity index (χ0v) is 12.6. The van der Waals surface area contributed by atoms with E-state index in [1.165, 1.54) is 48.4 Å². The molecule has 0 saturated heterocycles. The Morgan fingerprint density at radius 3 is 1.35 bits per heavy atom. The second kappa shape index (κ2) is 8.32. The lowest BCUT2D eigenvalue weighted by atomic mass is 10.1. The van der Waals surface area contributed by atoms with Crippen LogP contribution in [0.2, 0.25) is 0 Å². The molecule has 0 heterocycles. The van der Waals surface area contributed by atoms with Crippen LogP contribution in [0, 0.1) is 0 Å². The van der Waals surface area contributed by atoms with E-state index in [0.29, 0.717) is 0 Å². The van der Waals surface area contributed by atoms with Crippen LogP contribution in [0.4, 0.5) is 0 Å². The molecule has 1 aromatic carbocycles. The SMILES string of the molecule is CC[N+](C)(CC)CC.O=C(O)c1ccccc1C(=O)O. The Hall–Kier alpha value is -1.88. The first kappa shape index (κ1) is 18.1. The number of hydrogen-bond donors (Lipinski definition) is 2. The standard InChI is InChI=1S/C8H6O4.C7H18N/c9-7(10)5-3-1-2-4-6(5)8(11)12;1-5-8(4,6-2)7-3/h1-4H,(H,9,10)(H,11,12);5-7H2,1-4H3/q;+1. The first-order valence-corrected chi connectivity index (χ1v) is 6.70. The van der Waals surface area contributed by atoms with Gasteiger partial charge in [-0.2, -0.15) is 0 Å². The molecule has 1 rings (SSSR count). The van der Waals surface area contributed by atoms with Crippen molar-refractivity contribution in [2.45, 2.75) is 20.8 Å². The summed E-state index contributed by atoms with van der Waals surface area (Å²) in [6, 6.07) is 5.48. The second-order valence-electron chi connectivity index (χ2n) is 4.72. The molecular weight excluding hydrogens is 258 g/mol. The van der Waals surface area contributed by atoms with E-state index in [4.69, 9.17) is 10.2 Å². The van der Waals surface area contributed by atoms with Crippen molar-refractivity contribution in [2.75, 3.05) is 26.7 Å². The van der Waals surface area contributed by atoms with Gasteiger partial charge in [0.1, 0.15) is 0 Å². The lowest BCUT2D eigenvalue weighted by molar-refractivity contribution is -0.904. The van der Waals surface area contributed by atoms with Crippen LogP contribution in [0.25, 0.3) is 0 Å². The average Bonchev–Trinajstić information content (AvgIpc) is 2.47. The van der Waals surface area contributed by atoms with E-state index >= 15 is 0 Å². The largest absolute Gasteiger partial charge is 0.478 e. The van der Waals surface area contributed by atoms with Crippen molar-refractivity contribution in [3.8, 4) is 0 Å². The number of nitrogens with zero attached hydrogens (tertiary/aromatic N) is 1. The maximum Gasteiger partial charge on any atom is 0.336 e. The zero-order chi connectivity index (χ0) is 15.8. The smallest absolute Gasteiger partial charge is 0.336 e. The maximum absolute atomic E-state index is 10.5. The predicted octanol–water partition coefficient (Wildman–Crippen LogP) is 2.58. The van der Waals surface area contributed by atoms with Gasteiger partial charge < -0.3 is 14.7 Å². The summed E-state index contributed by atoms with van der Waals surface area (Å²) in [5.41, 5.74) is -0.380. The summed E-state index contributed by atoms with van der Waals surface area (Å²) in [6.45, 7) is 10.5. The summed E-state index contributed by atoms with van der Waals surface area (Å²) in [6.07, 6.45) is 0. The van der Waals surface area contributed by atoms with E-state index in [0.717, 1.165) is 0 Å². The van der Waals surface area contributed by atoms with Crippen LogP contribution in [0.5, 0.6) is 0 Å². The van der Waals surface area contributed by atoms with Gasteiger partial charge in [0.05, 0.1) is 37.8 Å². The molecule has 0 aliphatic carbocycles. The monoisotopic (exact) mass is 282 g/mol. The van der Waals surface area contributed by atoms with Crippen molar-refractivity contribution in [1.29, 1.82) is 0 Å². The zero-order valence-electron chi connectivity index (χ0n) is 12.6. The topological polar surface area (TPSA) is 74.6 Å². The Morgan fingerprint density at radius 1 is 0.900 bits per heavy atom. The van der Waals surface area contributed by atoms with Gasteiger partial charge in [0, 0.05) is 0 Å². The molecule has 0 bridgehead atoms. The van der Waals surface area contributed by atoms with E-state index in [1.54, 1.807) is 0 Å². The third-order valence-corrected chi connectivity index (χ3v) is 3.68. The summed E-state index contributed by atoms with van der Waals surface area (Å²) in [5.74, 6) is -2.46. The second-order valence-corrected chi connectivity index (χ2v) is 4.72. The van der Waals surface area contributed by atoms with Gasteiger partial charge in [-0.25, -0.2) is 9.59 Å². The minimum atomic E-state index is -1.23. The minimum absolute atomic E-state index is 0.190. The van der Waals surface area contributed by atoms with E-state index in [2.05, 4.69) is 27.8 Å². The van der Waals surface area contributed by atoms with Crippen LogP contribution in [0.15, 0.2) is 24.3 Å². The molecule has 0 fully saturated rings. The predicted molar refractivity (Wildman–Crippen MR) is 78.2 cm³/mol. The van der Waals surface area contributed by atoms with Crippen molar-refractivity contribution >= 4 is 11.9 Å². The highest BCUT2D eigenvalue weighted by Crippen LogP contribution is 2.07. The molecule has 5 heteroatoms. The molecule has 0 spiro atoms. The minimum Gasteiger partial charge on any atom is -0.478 e. The fraction of sp³-hybridized carbons (Fsp3) is 0.467. The number of hydrogen-bond acceptors (Lipinski definition) is 2. The number of rotatable bonds is 5. The van der Waals surface area contributed by atoms with E-state index in [9.17, 15) is 9.59 Å². The number of carboxylic acid groups (broad SMARTS) is 2. The van der Waals surface area contributed by atoms with Crippen molar-refractivity contribution < 1.29 is 24.3 Å². The van der Waals surface area contributed by atoms with Crippen LogP contribution in [-0.4, -0.2) is 53.3 Å². The molecule has 0 radical (unpaired) electrons. The number of benzene rings is 1. The summed E-state index contributed by atoms with van der Waals surface area (Å²) < 4.78 is 1.21. The van der Waals surface area contributed by atoms with Gasteiger partial charge in [0.25, 0.3) is 0 Å². The Balaban J connectivity index is 0.000000396. The highest BCUT2D eigenvalue weighted by molar-refractivity contribution is 6.01. The Morgan fingerprint density at radius 2 is 1.20 bits per heavy atom. The summed E-state index contributed by atoms with van der Waals surface area (Å²) >= 11 is 0. The Bertz CT molecular complexity index is 412. The average molecular weight is 282 g/mol. The molecule has 0 amide bonds. The van der Waals surface area contributed by atoms with E-state index < -0.39 is 11.9 Å². The van der Waals surface area contributed by atoms with E-state index in [-0.39, 0.29) is 11.1 Å². The Kier molecular flexibility index (Phi) is 7.54. The molecule has 0 saturated carbocycles. The van der Waals surface area contributed by atoms with Gasteiger partial charge in [-0.05, 0) is 32.9 Å². The van der Waals surface area contributed by atoms with Gasteiger partial charge in [-0.3, -0.25) is 0 Å². The maximum atomic E-state index is 10.5. The number of quaternary nitrogens is 1. The number of carbonyl (C=O) groups is 2. The molecule has 1 aromatic rings. The molecule has 0 aromatic heterocycles. The van der Waals surface area contributed by atoms with Gasteiger partial charge in [-0.15, -0.1) is 0 Å². The summed E-state index contributed by atoms with van der Waals surface area (Å²) in [5, 5.41) is 17.1. The van der Waals surface area contributed by atoms with Gasteiger partial charge >= 0.3 is 11.9 Å². The lowest BCUT2D eigenvalue weighted by Gasteiger charge is -2.30. The molecule has 112 valence electrons. The van der Waals surface area contributed by atoms with Crippen LogP contribution in [-0.2, 0) is 0 Å². The number of carboxylic acids is 2. The summed E-state index contributed by atoms with van der Waals surface area (Å²) in [4.78, 5) is 20.9. The first-order chi connectivity index (χ1) is 9.31. The van der Waals surface area contributed by atoms with Crippen LogP contribution in [0.3, 0.4) is 0 Å². The molecule has 0 atom stereocenters. The molecule has 20 heavy (non-hydrogen) atoms. The normalized spacial score (nSPS) is 10.4. The van der Waals surface area contributed by atoms with Crippen LogP contribution >= 0.6 is 0 Å². The van der Waals surface area contributed by atoms with Gasteiger partial charge in [0.15, 0.2) is 0 Å². The summed E-state index contributed by atoms with van der Waals surface area (Å²) in [7, 11) is 2.29. The van der Waals surface area contributed by atoms with Crippen molar-refractivity contribution in [3.63, 3.8) is 0 Å². The first-order valence-electron chi connectivity index (χ1n) is 6.70. The third-order valence-electron chi connectivity index (χ3n) is 3.68. The molecule has 0 unspecified atom stereocenters. The van der Waals surface area contributed by atoms with Crippen LogP contribution in [0.1, 0.15) is 41.5 Å². The fourth-order valence-electron chi connectivity index (χ4n) is 1.53. The molecule has 0 aliphatic heterocycles. The highest BCUT2D eigenvalue weighted by Gasteiger charge is 2.13. The molecule has 5 nitrogen and oxygen atoms in total. The Labute approximate surface area is 120 Å². The quantitative estimate of drug-likeness (QED) is 0.814. The van der Waals surface area contributed by atoms with Crippen molar-refractivity contribution in [2.24, 2.45) is 0 Å². The van der Waals surface area contributed by atoms with Gasteiger partial charge in [-0.1, -0.05) is 12.1 Å². The molecule has 2 N–H and O–H groups in total. The molecular formula is C15H24NO4+. The molecule has 0 aliphatic rings. The van der Waals surface area contributed by atoms with Crippen molar-refractivity contribution in [1.82, 2.24) is 0 Å². The van der Waals surface area contributed by atoms with Gasteiger partial charge in [0.2, 0.25) is 0 Å². The highest BCUT2D eigenvalue weighted by atomic mass is 16.4. The van der Waals surface area contributed by atoms with Crippen molar-refractivity contribution in [3.05, 3.63) is 35.4 Å². The van der Waals surface area contributed by atoms with Crippen LogP contribution < -0.4 is 0 Å². The van der Waals surface area contributed by atoms with E-state index in [1.807, 2.05) is 0 Å².